The predicted molar refractivity (Wildman–Crippen MR) is 61.7 cm³/mol. The lowest BCUT2D eigenvalue weighted by atomic mass is 10.5. The maximum Gasteiger partial charge on any atom is 0.324 e. The first-order chi connectivity index (χ1) is 7.33. The maximum atomic E-state index is 10.8. The highest BCUT2D eigenvalue weighted by molar-refractivity contribution is 7.97. The summed E-state index contributed by atoms with van der Waals surface area (Å²) in [6.07, 6.45) is 2.73. The summed E-state index contributed by atoms with van der Waals surface area (Å²) in [5.41, 5.74) is 0. The first-order valence-electron chi connectivity index (χ1n) is 4.66. The summed E-state index contributed by atoms with van der Waals surface area (Å²) in [6.45, 7) is 0.841. The first-order valence-corrected chi connectivity index (χ1v) is 5.64. The Labute approximate surface area is 92.7 Å². The fourth-order valence-electron chi connectivity index (χ4n) is 0.887. The molecule has 0 saturated carbocycles. The lowest BCUT2D eigenvalue weighted by Crippen LogP contribution is -2.27. The van der Waals surface area contributed by atoms with Crippen LogP contribution in [0.1, 0.15) is 6.42 Å². The normalized spacial score (nSPS) is 9.67. The van der Waals surface area contributed by atoms with Crippen molar-refractivity contribution in [2.45, 2.75) is 6.42 Å². The Morgan fingerprint density at radius 2 is 2.53 bits per heavy atom. The van der Waals surface area contributed by atoms with Crippen LogP contribution >= 0.6 is 11.9 Å². The zero-order valence-electron chi connectivity index (χ0n) is 8.54. The van der Waals surface area contributed by atoms with E-state index < -0.39 is 0 Å². The molecule has 0 aliphatic heterocycles. The predicted octanol–water partition coefficient (Wildman–Crippen LogP) is 0.789. The second-order valence-corrected chi connectivity index (χ2v) is 3.67. The van der Waals surface area contributed by atoms with Gasteiger partial charge in [-0.1, -0.05) is 0 Å². The topological polar surface area (TPSA) is 81.8 Å². The van der Waals surface area contributed by atoms with Crippen LogP contribution in [0.5, 0.6) is 0 Å². The highest BCUT2D eigenvalue weighted by atomic mass is 32.2. The molecule has 1 aromatic heterocycles. The molecule has 0 fully saturated rings. The quantitative estimate of drug-likeness (QED) is 0.429. The van der Waals surface area contributed by atoms with Gasteiger partial charge in [0.1, 0.15) is 5.82 Å². The Morgan fingerprint density at radius 3 is 3.20 bits per heavy atom. The molecule has 0 radical (unpaired) electrons. The number of urea groups is 1. The Morgan fingerprint density at radius 1 is 1.67 bits per heavy atom. The molecule has 2 amide bonds. The third-order valence-electron chi connectivity index (χ3n) is 1.62. The van der Waals surface area contributed by atoms with Crippen LogP contribution in [0.2, 0.25) is 0 Å². The van der Waals surface area contributed by atoms with Crippen LogP contribution in [-0.4, -0.2) is 35.6 Å². The van der Waals surface area contributed by atoms with Crippen LogP contribution in [0.15, 0.2) is 12.3 Å². The van der Waals surface area contributed by atoms with E-state index in [4.69, 9.17) is 0 Å². The number of aromatic amines is 1. The number of carbonyl (C=O) groups is 1. The van der Waals surface area contributed by atoms with E-state index in [2.05, 4.69) is 25.6 Å². The number of anilines is 1. The molecular formula is C8H15N5OS. The van der Waals surface area contributed by atoms with Crippen molar-refractivity contribution in [3.8, 4) is 0 Å². The van der Waals surface area contributed by atoms with Crippen LogP contribution < -0.4 is 15.4 Å². The molecule has 1 rings (SSSR count). The summed E-state index contributed by atoms with van der Waals surface area (Å²) in [5, 5.41) is 12.3. The molecule has 0 aliphatic carbocycles. The van der Waals surface area contributed by atoms with E-state index in [9.17, 15) is 4.79 Å². The lowest BCUT2D eigenvalue weighted by Gasteiger charge is -2.03. The van der Waals surface area contributed by atoms with Gasteiger partial charge in [0.2, 0.25) is 0 Å². The van der Waals surface area contributed by atoms with Gasteiger partial charge in [0.15, 0.2) is 0 Å². The van der Waals surface area contributed by atoms with Gasteiger partial charge >= 0.3 is 6.03 Å². The summed E-state index contributed by atoms with van der Waals surface area (Å²) in [5.74, 6) is 1.71. The first kappa shape index (κ1) is 11.7. The molecular weight excluding hydrogens is 214 g/mol. The second kappa shape index (κ2) is 6.99. The lowest BCUT2D eigenvalue weighted by molar-refractivity contribution is 0.248. The molecule has 0 aromatic carbocycles. The van der Waals surface area contributed by atoms with E-state index in [-0.39, 0.29) is 6.03 Å². The summed E-state index contributed by atoms with van der Waals surface area (Å²) >= 11 is 1.39. The van der Waals surface area contributed by atoms with Crippen molar-refractivity contribution in [3.63, 3.8) is 0 Å². The summed E-state index contributed by atoms with van der Waals surface area (Å²) < 4.78 is 2.64. The van der Waals surface area contributed by atoms with E-state index in [0.29, 0.717) is 0 Å². The van der Waals surface area contributed by atoms with Gasteiger partial charge in [-0.3, -0.25) is 9.82 Å². The van der Waals surface area contributed by atoms with Crippen LogP contribution in [0.3, 0.4) is 0 Å². The van der Waals surface area contributed by atoms with Gasteiger partial charge < -0.3 is 10.6 Å². The minimum absolute atomic E-state index is 0.166. The molecule has 0 aliphatic rings. The fourth-order valence-corrected chi connectivity index (χ4v) is 1.51. The van der Waals surface area contributed by atoms with Gasteiger partial charge in [-0.05, 0) is 24.4 Å². The minimum atomic E-state index is -0.166. The van der Waals surface area contributed by atoms with Crippen molar-refractivity contribution >= 4 is 23.8 Å². The Bertz CT molecular complexity index is 277. The molecule has 6 nitrogen and oxygen atoms in total. The summed E-state index contributed by atoms with van der Waals surface area (Å²) in [6, 6.07) is 1.70. The molecule has 0 atom stereocenters. The van der Waals surface area contributed by atoms with E-state index in [1.165, 1.54) is 11.9 Å². The smallest absolute Gasteiger partial charge is 0.324 e. The van der Waals surface area contributed by atoms with Gasteiger partial charge in [-0.25, -0.2) is 4.79 Å². The largest absolute Gasteiger partial charge is 0.369 e. The molecule has 1 aromatic rings. The van der Waals surface area contributed by atoms with Gasteiger partial charge in [-0.2, -0.15) is 5.10 Å². The molecule has 84 valence electrons. The van der Waals surface area contributed by atoms with Crippen molar-refractivity contribution in [2.24, 2.45) is 0 Å². The fraction of sp³-hybridized carbons (Fsp3) is 0.500. The average Bonchev–Trinajstić information content (AvgIpc) is 2.75. The Hall–Kier alpha value is -1.37. The van der Waals surface area contributed by atoms with Crippen molar-refractivity contribution in [2.75, 3.05) is 24.7 Å². The van der Waals surface area contributed by atoms with Crippen molar-refractivity contribution in [1.82, 2.24) is 20.2 Å². The number of nitrogens with one attached hydrogen (secondary N) is 4. The summed E-state index contributed by atoms with van der Waals surface area (Å²) in [4.78, 5) is 10.8. The molecule has 0 bridgehead atoms. The number of nitrogens with zero attached hydrogens (tertiary/aromatic N) is 1. The average molecular weight is 229 g/mol. The van der Waals surface area contributed by atoms with Crippen molar-refractivity contribution in [1.29, 1.82) is 0 Å². The Balaban J connectivity index is 1.91. The van der Waals surface area contributed by atoms with E-state index in [1.54, 1.807) is 13.2 Å². The highest BCUT2D eigenvalue weighted by Gasteiger charge is 1.96. The van der Waals surface area contributed by atoms with Crippen molar-refractivity contribution in [3.05, 3.63) is 12.3 Å². The molecule has 1 heterocycles. The standard InChI is InChI=1S/C8H15N5OS/c1-9-8(14)13-15-6-2-4-10-7-3-5-11-12-7/h3,5H,2,4,6H2,1H3,(H2,9,13,14)(H2,10,11,12). The van der Waals surface area contributed by atoms with Crippen LogP contribution in [-0.2, 0) is 0 Å². The number of rotatable bonds is 6. The van der Waals surface area contributed by atoms with Crippen LogP contribution in [0.25, 0.3) is 0 Å². The van der Waals surface area contributed by atoms with Gasteiger partial charge in [-0.15, -0.1) is 0 Å². The van der Waals surface area contributed by atoms with E-state index >= 15 is 0 Å². The third kappa shape index (κ3) is 5.16. The van der Waals surface area contributed by atoms with Crippen LogP contribution in [0, 0.1) is 0 Å². The zero-order valence-corrected chi connectivity index (χ0v) is 9.36. The number of H-pyrrole nitrogens is 1. The number of amides is 2. The molecule has 0 spiro atoms. The minimum Gasteiger partial charge on any atom is -0.369 e. The number of hydrogen-bond donors (Lipinski definition) is 4. The van der Waals surface area contributed by atoms with Crippen LogP contribution in [0.4, 0.5) is 10.6 Å². The van der Waals surface area contributed by atoms with E-state index in [0.717, 1.165) is 24.5 Å². The molecule has 15 heavy (non-hydrogen) atoms. The van der Waals surface area contributed by atoms with Gasteiger partial charge in [0.05, 0.1) is 0 Å². The maximum absolute atomic E-state index is 10.8. The number of hydrogen-bond acceptors (Lipinski definition) is 4. The number of aromatic nitrogens is 2. The Kier molecular flexibility index (Phi) is 5.46. The van der Waals surface area contributed by atoms with Gasteiger partial charge in [0.25, 0.3) is 0 Å². The summed E-state index contributed by atoms with van der Waals surface area (Å²) in [7, 11) is 1.59. The number of carbonyl (C=O) groups excluding carboxylic acids is 1. The molecule has 7 heteroatoms. The molecule has 4 N–H and O–H groups in total. The second-order valence-electron chi connectivity index (χ2n) is 2.77. The monoisotopic (exact) mass is 229 g/mol. The SMILES string of the molecule is CNC(=O)NSCCCNc1cc[nH]n1. The molecule has 0 saturated heterocycles. The van der Waals surface area contributed by atoms with E-state index in [1.807, 2.05) is 6.07 Å². The molecule has 0 unspecified atom stereocenters. The zero-order chi connectivity index (χ0) is 10.9. The third-order valence-corrected chi connectivity index (χ3v) is 2.44. The van der Waals surface area contributed by atoms with Gasteiger partial charge in [0, 0.05) is 25.5 Å². The highest BCUT2D eigenvalue weighted by Crippen LogP contribution is 2.00. The van der Waals surface area contributed by atoms with Crippen molar-refractivity contribution < 1.29 is 4.79 Å².